The third kappa shape index (κ3) is 1.78. The first-order valence-electron chi connectivity index (χ1n) is 5.69. The summed E-state index contributed by atoms with van der Waals surface area (Å²) >= 11 is 0. The largest absolute Gasteiger partial charge is 0.469 e. The van der Waals surface area contributed by atoms with Crippen LogP contribution in [0.15, 0.2) is 0 Å². The van der Waals surface area contributed by atoms with E-state index in [4.69, 9.17) is 4.74 Å². The molecule has 3 nitrogen and oxygen atoms in total. The van der Waals surface area contributed by atoms with Crippen molar-refractivity contribution in [1.82, 2.24) is 0 Å². The van der Waals surface area contributed by atoms with E-state index < -0.39 is 11.0 Å². The first-order valence-corrected chi connectivity index (χ1v) is 5.69. The lowest BCUT2D eigenvalue weighted by atomic mass is 9.65. The van der Waals surface area contributed by atoms with Gasteiger partial charge in [0.2, 0.25) is 0 Å². The van der Waals surface area contributed by atoms with Crippen LogP contribution in [0.2, 0.25) is 0 Å². The summed E-state index contributed by atoms with van der Waals surface area (Å²) in [5, 5.41) is 10.6. The van der Waals surface area contributed by atoms with Crippen LogP contribution in [0.4, 0.5) is 0 Å². The number of carbonyl (C=O) groups excluding carboxylic acids is 1. The van der Waals surface area contributed by atoms with E-state index >= 15 is 0 Å². The number of methoxy groups -OCH3 is 1. The van der Waals surface area contributed by atoms with Gasteiger partial charge in [-0.1, -0.05) is 26.7 Å². The van der Waals surface area contributed by atoms with Crippen LogP contribution >= 0.6 is 0 Å². The van der Waals surface area contributed by atoms with Crippen LogP contribution in [-0.2, 0) is 9.53 Å². The van der Waals surface area contributed by atoms with Crippen molar-refractivity contribution in [2.75, 3.05) is 7.11 Å². The standard InChI is InChI=1S/C12H22O3/c1-9(2)11(3,10(13)15-4)12(14)7-5-6-8-12/h9,14H,5-8H2,1-4H3. The summed E-state index contributed by atoms with van der Waals surface area (Å²) in [5.74, 6) is -0.213. The van der Waals surface area contributed by atoms with Crippen molar-refractivity contribution in [3.8, 4) is 0 Å². The molecule has 1 unspecified atom stereocenters. The highest BCUT2D eigenvalue weighted by molar-refractivity contribution is 5.78. The van der Waals surface area contributed by atoms with Crippen LogP contribution in [0, 0.1) is 11.3 Å². The molecule has 0 aromatic carbocycles. The fourth-order valence-electron chi connectivity index (χ4n) is 2.65. The molecule has 0 aliphatic heterocycles. The van der Waals surface area contributed by atoms with Gasteiger partial charge < -0.3 is 9.84 Å². The van der Waals surface area contributed by atoms with Crippen molar-refractivity contribution in [2.45, 2.75) is 52.1 Å². The second-order valence-electron chi connectivity index (χ2n) is 5.09. The normalized spacial score (nSPS) is 23.9. The van der Waals surface area contributed by atoms with Crippen LogP contribution in [0.3, 0.4) is 0 Å². The molecule has 1 aliphatic carbocycles. The maximum atomic E-state index is 11.9. The molecule has 0 amide bonds. The second-order valence-corrected chi connectivity index (χ2v) is 5.09. The van der Waals surface area contributed by atoms with E-state index in [1.54, 1.807) is 0 Å². The van der Waals surface area contributed by atoms with Gasteiger partial charge in [-0.2, -0.15) is 0 Å². The minimum absolute atomic E-state index is 0.0769. The topological polar surface area (TPSA) is 46.5 Å². The summed E-state index contributed by atoms with van der Waals surface area (Å²) in [5.41, 5.74) is -1.66. The Kier molecular flexibility index (Phi) is 3.44. The molecule has 88 valence electrons. The number of esters is 1. The van der Waals surface area contributed by atoms with Crippen molar-refractivity contribution in [2.24, 2.45) is 11.3 Å². The van der Waals surface area contributed by atoms with E-state index in [0.29, 0.717) is 12.8 Å². The van der Waals surface area contributed by atoms with Gasteiger partial charge in [0.25, 0.3) is 0 Å². The summed E-state index contributed by atoms with van der Waals surface area (Å²) in [7, 11) is 1.39. The predicted molar refractivity (Wildman–Crippen MR) is 58.4 cm³/mol. The first-order chi connectivity index (χ1) is 6.88. The van der Waals surface area contributed by atoms with E-state index in [0.717, 1.165) is 12.8 Å². The highest BCUT2D eigenvalue weighted by atomic mass is 16.5. The molecule has 1 fully saturated rings. The Labute approximate surface area is 91.8 Å². The molecule has 1 saturated carbocycles. The zero-order valence-electron chi connectivity index (χ0n) is 10.2. The molecule has 0 aromatic rings. The molecule has 15 heavy (non-hydrogen) atoms. The number of aliphatic hydroxyl groups is 1. The van der Waals surface area contributed by atoms with E-state index in [1.165, 1.54) is 7.11 Å². The number of hydrogen-bond donors (Lipinski definition) is 1. The molecular formula is C12H22O3. The van der Waals surface area contributed by atoms with Gasteiger partial charge in [-0.25, -0.2) is 0 Å². The van der Waals surface area contributed by atoms with Gasteiger partial charge in [0.1, 0.15) is 0 Å². The smallest absolute Gasteiger partial charge is 0.314 e. The molecule has 0 bridgehead atoms. The average Bonchev–Trinajstić information content (AvgIpc) is 2.63. The molecule has 0 aromatic heterocycles. The Morgan fingerprint density at radius 3 is 2.20 bits per heavy atom. The monoisotopic (exact) mass is 214 g/mol. The summed E-state index contributed by atoms with van der Waals surface area (Å²) in [4.78, 5) is 11.9. The summed E-state index contributed by atoms with van der Waals surface area (Å²) < 4.78 is 4.86. The lowest BCUT2D eigenvalue weighted by molar-refractivity contribution is -0.177. The Morgan fingerprint density at radius 2 is 1.87 bits per heavy atom. The molecular weight excluding hydrogens is 192 g/mol. The molecule has 0 radical (unpaired) electrons. The summed E-state index contributed by atoms with van der Waals surface area (Å²) in [6, 6.07) is 0. The highest BCUT2D eigenvalue weighted by Crippen LogP contribution is 2.48. The second kappa shape index (κ2) is 4.12. The zero-order valence-corrected chi connectivity index (χ0v) is 10.2. The van der Waals surface area contributed by atoms with E-state index in [9.17, 15) is 9.90 Å². The van der Waals surface area contributed by atoms with E-state index in [2.05, 4.69) is 0 Å². The molecule has 1 aliphatic rings. The first kappa shape index (κ1) is 12.5. The highest BCUT2D eigenvalue weighted by Gasteiger charge is 2.55. The van der Waals surface area contributed by atoms with E-state index in [-0.39, 0.29) is 11.9 Å². The van der Waals surface area contributed by atoms with Gasteiger partial charge in [-0.15, -0.1) is 0 Å². The third-order valence-electron chi connectivity index (χ3n) is 4.16. The van der Waals surface area contributed by atoms with Crippen molar-refractivity contribution in [3.63, 3.8) is 0 Å². The number of hydrogen-bond acceptors (Lipinski definition) is 3. The van der Waals surface area contributed by atoms with Crippen LogP contribution in [0.1, 0.15) is 46.5 Å². The Bertz CT molecular complexity index is 241. The fourth-order valence-corrected chi connectivity index (χ4v) is 2.65. The Balaban J connectivity index is 3.05. The zero-order chi connectivity index (χ0) is 11.7. The van der Waals surface area contributed by atoms with Crippen molar-refractivity contribution >= 4 is 5.97 Å². The molecule has 3 heteroatoms. The Morgan fingerprint density at radius 1 is 1.40 bits per heavy atom. The number of ether oxygens (including phenoxy) is 1. The van der Waals surface area contributed by atoms with Crippen LogP contribution in [0.5, 0.6) is 0 Å². The number of rotatable bonds is 3. The summed E-state index contributed by atoms with van der Waals surface area (Å²) in [6.45, 7) is 5.76. The molecule has 0 spiro atoms. The quantitative estimate of drug-likeness (QED) is 0.732. The van der Waals surface area contributed by atoms with Crippen molar-refractivity contribution < 1.29 is 14.6 Å². The van der Waals surface area contributed by atoms with E-state index in [1.807, 2.05) is 20.8 Å². The Hall–Kier alpha value is -0.570. The molecule has 0 heterocycles. The molecule has 0 saturated heterocycles. The molecule has 1 atom stereocenters. The van der Waals surface area contributed by atoms with Gasteiger partial charge in [0.15, 0.2) is 0 Å². The lowest BCUT2D eigenvalue weighted by Crippen LogP contribution is -2.53. The van der Waals surface area contributed by atoms with Crippen LogP contribution in [0.25, 0.3) is 0 Å². The fraction of sp³-hybridized carbons (Fsp3) is 0.917. The van der Waals surface area contributed by atoms with Crippen LogP contribution in [-0.4, -0.2) is 23.8 Å². The van der Waals surface area contributed by atoms with Crippen LogP contribution < -0.4 is 0 Å². The van der Waals surface area contributed by atoms with Gasteiger partial charge in [-0.3, -0.25) is 4.79 Å². The minimum atomic E-state index is -0.881. The van der Waals surface area contributed by atoms with Crippen molar-refractivity contribution in [3.05, 3.63) is 0 Å². The number of carbonyl (C=O) groups is 1. The van der Waals surface area contributed by atoms with Crippen molar-refractivity contribution in [1.29, 1.82) is 0 Å². The average molecular weight is 214 g/mol. The molecule has 1 N–H and O–H groups in total. The predicted octanol–water partition coefficient (Wildman–Crippen LogP) is 2.13. The minimum Gasteiger partial charge on any atom is -0.469 e. The summed E-state index contributed by atoms with van der Waals surface area (Å²) in [6.07, 6.45) is 3.40. The van der Waals surface area contributed by atoms with Gasteiger partial charge in [-0.05, 0) is 25.7 Å². The maximum absolute atomic E-state index is 11.9. The SMILES string of the molecule is COC(=O)C(C)(C(C)C)C1(O)CCCC1. The molecule has 1 rings (SSSR count). The van der Waals surface area contributed by atoms with Gasteiger partial charge >= 0.3 is 5.97 Å². The maximum Gasteiger partial charge on any atom is 0.314 e. The third-order valence-corrected chi connectivity index (χ3v) is 4.16. The van der Waals surface area contributed by atoms with Gasteiger partial charge in [0, 0.05) is 0 Å². The lowest BCUT2D eigenvalue weighted by Gasteiger charge is -2.43. The van der Waals surface area contributed by atoms with Gasteiger partial charge in [0.05, 0.1) is 18.1 Å².